The fourth-order valence-corrected chi connectivity index (χ4v) is 0.590. The Bertz CT molecular complexity index is 171. The monoisotopic (exact) mass is 169 g/mol. The Morgan fingerprint density at radius 3 is 2.58 bits per heavy atom. The van der Waals surface area contributed by atoms with Gasteiger partial charge in [-0.3, -0.25) is 0 Å². The van der Waals surface area contributed by atoms with E-state index in [-0.39, 0.29) is 0 Å². The number of allylic oxidation sites excluding steroid dienone is 1. The van der Waals surface area contributed by atoms with Crippen molar-refractivity contribution in [2.45, 2.75) is 33.2 Å². The molecule has 0 aliphatic heterocycles. The van der Waals surface area contributed by atoms with Gasteiger partial charge < -0.3 is 10.6 Å². The summed E-state index contributed by atoms with van der Waals surface area (Å²) in [6.45, 7) is 6.21. The average Bonchev–Trinajstić information content (AvgIpc) is 2.03. The lowest BCUT2D eigenvalue weighted by atomic mass is 10.4. The lowest BCUT2D eigenvalue weighted by Gasteiger charge is -2.21. The highest BCUT2D eigenvalue weighted by atomic mass is 15.2. The van der Waals surface area contributed by atoms with Crippen molar-refractivity contribution in [2.24, 2.45) is 10.7 Å². The van der Waals surface area contributed by atoms with Crippen LogP contribution >= 0.6 is 0 Å². The number of guanidine groups is 1. The molecule has 0 aromatic carbocycles. The minimum absolute atomic E-state index is 0.392. The molecule has 0 saturated carbocycles. The molecule has 0 heterocycles. The van der Waals surface area contributed by atoms with E-state index in [2.05, 4.69) is 25.8 Å². The molecule has 3 nitrogen and oxygen atoms in total. The maximum Gasteiger partial charge on any atom is 0.195 e. The van der Waals surface area contributed by atoms with Crippen LogP contribution in [0.3, 0.4) is 0 Å². The second-order valence-corrected chi connectivity index (χ2v) is 2.98. The second kappa shape index (κ2) is 5.63. The van der Waals surface area contributed by atoms with Crippen molar-refractivity contribution in [3.63, 3.8) is 0 Å². The highest BCUT2D eigenvalue weighted by molar-refractivity contribution is 5.78. The van der Waals surface area contributed by atoms with Gasteiger partial charge in [-0.05, 0) is 20.3 Å². The predicted octanol–water partition coefficient (Wildman–Crippen LogP) is 1.56. The third kappa shape index (κ3) is 4.01. The van der Waals surface area contributed by atoms with E-state index in [1.165, 1.54) is 0 Å². The topological polar surface area (TPSA) is 41.6 Å². The second-order valence-electron chi connectivity index (χ2n) is 2.98. The smallest absolute Gasteiger partial charge is 0.195 e. The van der Waals surface area contributed by atoms with Crippen LogP contribution in [0, 0.1) is 0 Å². The van der Waals surface area contributed by atoms with Gasteiger partial charge in [0.15, 0.2) is 5.96 Å². The molecule has 0 fully saturated rings. The highest BCUT2D eigenvalue weighted by Crippen LogP contribution is 1.92. The van der Waals surface area contributed by atoms with Crippen LogP contribution in [0.15, 0.2) is 17.3 Å². The first-order valence-electron chi connectivity index (χ1n) is 4.30. The van der Waals surface area contributed by atoms with Crippen molar-refractivity contribution in [1.82, 2.24) is 4.90 Å². The highest BCUT2D eigenvalue weighted by Gasteiger charge is 2.03. The van der Waals surface area contributed by atoms with Gasteiger partial charge in [-0.25, -0.2) is 4.99 Å². The average molecular weight is 169 g/mol. The molecule has 0 aromatic heterocycles. The summed E-state index contributed by atoms with van der Waals surface area (Å²) >= 11 is 0. The number of rotatable bonds is 3. The minimum atomic E-state index is 0.392. The summed E-state index contributed by atoms with van der Waals surface area (Å²) in [5.74, 6) is 0.565. The molecule has 0 aliphatic carbocycles. The first-order chi connectivity index (χ1) is 5.59. The zero-order valence-corrected chi connectivity index (χ0v) is 8.41. The summed E-state index contributed by atoms with van der Waals surface area (Å²) in [5.41, 5.74) is 5.68. The number of nitrogens with zero attached hydrogens (tertiary/aromatic N) is 2. The van der Waals surface area contributed by atoms with Crippen LogP contribution < -0.4 is 5.73 Å². The van der Waals surface area contributed by atoms with Crippen molar-refractivity contribution < 1.29 is 0 Å². The van der Waals surface area contributed by atoms with E-state index in [9.17, 15) is 0 Å². The van der Waals surface area contributed by atoms with Crippen molar-refractivity contribution in [1.29, 1.82) is 0 Å². The van der Waals surface area contributed by atoms with Gasteiger partial charge >= 0.3 is 0 Å². The number of aliphatic imine (C=N–C) groups is 1. The molecule has 0 rings (SSSR count). The fraction of sp³-hybridized carbons (Fsp3) is 0.667. The Hall–Kier alpha value is -0.990. The van der Waals surface area contributed by atoms with Gasteiger partial charge in [0.25, 0.3) is 0 Å². The lowest BCUT2D eigenvalue weighted by Crippen LogP contribution is -2.38. The van der Waals surface area contributed by atoms with Gasteiger partial charge in [-0.1, -0.05) is 13.0 Å². The fourth-order valence-electron chi connectivity index (χ4n) is 0.590. The van der Waals surface area contributed by atoms with Gasteiger partial charge in [0.05, 0.1) is 0 Å². The molecule has 12 heavy (non-hydrogen) atoms. The van der Waals surface area contributed by atoms with Crippen LogP contribution in [-0.2, 0) is 0 Å². The lowest BCUT2D eigenvalue weighted by molar-refractivity contribution is 0.413. The molecule has 0 unspecified atom stereocenters. The summed E-state index contributed by atoms with van der Waals surface area (Å²) in [7, 11) is 1.93. The predicted molar refractivity (Wildman–Crippen MR) is 54.0 cm³/mol. The van der Waals surface area contributed by atoms with Gasteiger partial charge in [-0.15, -0.1) is 0 Å². The summed E-state index contributed by atoms with van der Waals surface area (Å²) in [6, 6.07) is 0.392. The van der Waals surface area contributed by atoms with Gasteiger partial charge in [0, 0.05) is 19.3 Å². The Kier molecular flexibility index (Phi) is 5.17. The maximum absolute atomic E-state index is 5.68. The SMILES string of the molecule is CC/C=C/N=C(N)N(C)C(C)C. The van der Waals surface area contributed by atoms with Crippen LogP contribution in [0.5, 0.6) is 0 Å². The molecule has 0 saturated heterocycles. The summed E-state index contributed by atoms with van der Waals surface area (Å²) in [4.78, 5) is 6.01. The van der Waals surface area contributed by atoms with Crippen molar-refractivity contribution in [2.75, 3.05) is 7.05 Å². The molecule has 0 bridgehead atoms. The van der Waals surface area contributed by atoms with E-state index in [0.717, 1.165) is 6.42 Å². The van der Waals surface area contributed by atoms with E-state index in [1.54, 1.807) is 6.20 Å². The number of nitrogens with two attached hydrogens (primary N) is 1. The van der Waals surface area contributed by atoms with E-state index >= 15 is 0 Å². The van der Waals surface area contributed by atoms with Crippen LogP contribution in [0.25, 0.3) is 0 Å². The molecule has 70 valence electrons. The molecule has 0 radical (unpaired) electrons. The van der Waals surface area contributed by atoms with Gasteiger partial charge in [-0.2, -0.15) is 0 Å². The summed E-state index contributed by atoms with van der Waals surface area (Å²) in [5, 5.41) is 0. The number of hydrogen-bond donors (Lipinski definition) is 1. The summed E-state index contributed by atoms with van der Waals surface area (Å²) < 4.78 is 0. The largest absolute Gasteiger partial charge is 0.370 e. The summed E-state index contributed by atoms with van der Waals surface area (Å²) in [6.07, 6.45) is 4.71. The van der Waals surface area contributed by atoms with Crippen molar-refractivity contribution >= 4 is 5.96 Å². The van der Waals surface area contributed by atoms with Crippen LogP contribution in [0.2, 0.25) is 0 Å². The maximum atomic E-state index is 5.68. The van der Waals surface area contributed by atoms with Gasteiger partial charge in [0.1, 0.15) is 0 Å². The molecule has 0 amide bonds. The Morgan fingerprint density at radius 1 is 1.58 bits per heavy atom. The zero-order chi connectivity index (χ0) is 9.56. The Labute approximate surface area is 75.0 Å². The zero-order valence-electron chi connectivity index (χ0n) is 8.41. The first kappa shape index (κ1) is 11.0. The van der Waals surface area contributed by atoms with Crippen molar-refractivity contribution in [3.8, 4) is 0 Å². The molecule has 0 aromatic rings. The number of hydrogen-bond acceptors (Lipinski definition) is 1. The molecular formula is C9H19N3. The van der Waals surface area contributed by atoms with Crippen LogP contribution in [-0.4, -0.2) is 23.9 Å². The van der Waals surface area contributed by atoms with E-state index in [1.807, 2.05) is 18.0 Å². The quantitative estimate of drug-likeness (QED) is 0.514. The normalized spacial score (nSPS) is 12.9. The van der Waals surface area contributed by atoms with Crippen LogP contribution in [0.1, 0.15) is 27.2 Å². The van der Waals surface area contributed by atoms with Crippen LogP contribution in [0.4, 0.5) is 0 Å². The third-order valence-corrected chi connectivity index (χ3v) is 1.68. The van der Waals surface area contributed by atoms with Gasteiger partial charge in [0.2, 0.25) is 0 Å². The van der Waals surface area contributed by atoms with E-state index in [0.29, 0.717) is 12.0 Å². The minimum Gasteiger partial charge on any atom is -0.370 e. The third-order valence-electron chi connectivity index (χ3n) is 1.68. The Morgan fingerprint density at radius 2 is 2.17 bits per heavy atom. The standard InChI is InChI=1S/C9H19N3/c1-5-6-7-11-9(10)12(4)8(2)3/h6-8H,5H2,1-4H3,(H2,10,11)/b7-6+. The van der Waals surface area contributed by atoms with Crippen molar-refractivity contribution in [3.05, 3.63) is 12.3 Å². The van der Waals surface area contributed by atoms with E-state index in [4.69, 9.17) is 5.73 Å². The Balaban J connectivity index is 4.08. The molecule has 0 spiro atoms. The molecule has 3 heteroatoms. The molecule has 0 atom stereocenters. The molecule has 2 N–H and O–H groups in total. The van der Waals surface area contributed by atoms with E-state index < -0.39 is 0 Å². The molecule has 0 aliphatic rings. The molecular weight excluding hydrogens is 150 g/mol. The first-order valence-corrected chi connectivity index (χ1v) is 4.30.